The number of nitrogens with two attached hydrogens (primary N) is 1. The van der Waals surface area contributed by atoms with Gasteiger partial charge in [-0.05, 0) is 121 Å². The summed E-state index contributed by atoms with van der Waals surface area (Å²) in [4.78, 5) is 0. The van der Waals surface area contributed by atoms with E-state index in [0.717, 1.165) is 37.5 Å². The summed E-state index contributed by atoms with van der Waals surface area (Å²) in [5, 5.41) is 10.9. The third-order valence-corrected chi connectivity index (χ3v) is 14.2. The Bertz CT molecular complexity index is 976. The van der Waals surface area contributed by atoms with Gasteiger partial charge in [0, 0.05) is 11.0 Å². The van der Waals surface area contributed by atoms with Gasteiger partial charge in [0.2, 0.25) is 0 Å². The summed E-state index contributed by atoms with van der Waals surface area (Å²) >= 11 is 0. The Labute approximate surface area is 201 Å². The van der Waals surface area contributed by atoms with E-state index in [0.29, 0.717) is 29.1 Å². The lowest BCUT2D eigenvalue weighted by Crippen LogP contribution is -2.68. The topological polar surface area (TPSA) is 46.2 Å². The molecule has 3 unspecified atom stereocenters. The van der Waals surface area contributed by atoms with Crippen molar-refractivity contribution in [3.63, 3.8) is 0 Å². The van der Waals surface area contributed by atoms with Gasteiger partial charge in [-0.25, -0.2) is 0 Å². The predicted molar refractivity (Wildman–Crippen MR) is 133 cm³/mol. The van der Waals surface area contributed by atoms with Crippen molar-refractivity contribution < 1.29 is 5.11 Å². The zero-order chi connectivity index (χ0) is 23.2. The molecule has 33 heavy (non-hydrogen) atoms. The molecule has 6 fully saturated rings. The van der Waals surface area contributed by atoms with Crippen LogP contribution in [-0.4, -0.2) is 16.7 Å². The van der Waals surface area contributed by atoms with Gasteiger partial charge in [0.1, 0.15) is 0 Å². The Morgan fingerprint density at radius 3 is 2.36 bits per heavy atom. The van der Waals surface area contributed by atoms with E-state index >= 15 is 0 Å². The first-order valence-electron chi connectivity index (χ1n) is 14.1. The first-order chi connectivity index (χ1) is 15.5. The maximum Gasteiger partial charge on any atom is 0.0594 e. The van der Waals surface area contributed by atoms with E-state index in [9.17, 15) is 5.11 Å². The highest BCUT2D eigenvalue weighted by Gasteiger charge is 2.79. The largest absolute Gasteiger partial charge is 0.393 e. The second kappa shape index (κ2) is 5.95. The Morgan fingerprint density at radius 1 is 0.879 bits per heavy atom. The zero-order valence-corrected chi connectivity index (χ0v) is 21.4. The Kier molecular flexibility index (Phi) is 3.88. The van der Waals surface area contributed by atoms with Gasteiger partial charge >= 0.3 is 0 Å². The van der Waals surface area contributed by atoms with Crippen LogP contribution in [0.15, 0.2) is 12.2 Å². The van der Waals surface area contributed by atoms with Crippen LogP contribution >= 0.6 is 0 Å². The van der Waals surface area contributed by atoms with Gasteiger partial charge in [0.25, 0.3) is 0 Å². The predicted octanol–water partition coefficient (Wildman–Crippen LogP) is 5.94. The molecule has 180 valence electrons. The number of allylic oxidation sites excluding steroid dienone is 1. The molecule has 0 radical (unpaired) electrons. The van der Waals surface area contributed by atoms with Gasteiger partial charge in [-0.2, -0.15) is 0 Å². The lowest BCUT2D eigenvalue weighted by molar-refractivity contribution is -0.228. The van der Waals surface area contributed by atoms with E-state index in [4.69, 9.17) is 12.2 Å². The average Bonchev–Trinajstić information content (AvgIpc) is 3.64. The molecule has 0 aliphatic heterocycles. The number of hydrogen-bond acceptors (Lipinski definition) is 2. The number of aliphatic hydroxyl groups is 1. The highest BCUT2D eigenvalue weighted by molar-refractivity contribution is 5.39. The van der Waals surface area contributed by atoms with Crippen molar-refractivity contribution in [1.82, 2.24) is 0 Å². The second-order valence-corrected chi connectivity index (χ2v) is 15.1. The van der Waals surface area contributed by atoms with Gasteiger partial charge in [0.15, 0.2) is 0 Å². The average molecular weight is 448 g/mol. The lowest BCUT2D eigenvalue weighted by atomic mass is 9.32. The first kappa shape index (κ1) is 21.5. The van der Waals surface area contributed by atoms with E-state index in [1.54, 1.807) is 0 Å². The van der Waals surface area contributed by atoms with Crippen LogP contribution < -0.4 is 5.73 Å². The van der Waals surface area contributed by atoms with Crippen LogP contribution in [0.3, 0.4) is 0 Å². The number of aliphatic hydroxyl groups excluding tert-OH is 1. The van der Waals surface area contributed by atoms with Crippen molar-refractivity contribution in [1.29, 1.82) is 0 Å². The van der Waals surface area contributed by atoms with Crippen molar-refractivity contribution in [2.45, 2.75) is 104 Å². The molecule has 0 aromatic rings. The maximum absolute atomic E-state index is 10.9. The van der Waals surface area contributed by atoms with Crippen LogP contribution in [0.25, 0.3) is 0 Å². The van der Waals surface area contributed by atoms with Crippen molar-refractivity contribution in [3.8, 4) is 12.3 Å². The van der Waals surface area contributed by atoms with E-state index in [1.165, 1.54) is 38.5 Å². The molecule has 0 saturated heterocycles. The van der Waals surface area contributed by atoms with E-state index in [1.807, 2.05) is 0 Å². The Morgan fingerprint density at radius 2 is 1.64 bits per heavy atom. The smallest absolute Gasteiger partial charge is 0.0594 e. The standard InChI is InChI=1S/C31H45NO/c1-6-30-15-16-31(32)18-22-21-17-29(21,22)14-9-20(31)19(30)7-8-24-27(4)12-11-25(33)26(2,3)23(27)10-13-28(24,30)5/h1,9,14,19-25,33H,7-8,10-13,15-18,32H2,2-5H3/t19-,20?,21?,22+,23+,24-,25+,27+,28-,29?,30-,31-/m1/s1. The molecular weight excluding hydrogens is 402 g/mol. The maximum atomic E-state index is 10.9. The monoisotopic (exact) mass is 447 g/mol. The van der Waals surface area contributed by atoms with E-state index < -0.39 is 0 Å². The van der Waals surface area contributed by atoms with Gasteiger partial charge < -0.3 is 10.8 Å². The minimum absolute atomic E-state index is 0.00136. The van der Waals surface area contributed by atoms with Crippen molar-refractivity contribution in [3.05, 3.63) is 12.2 Å². The summed E-state index contributed by atoms with van der Waals surface area (Å²) in [6, 6.07) is 0. The summed E-state index contributed by atoms with van der Waals surface area (Å²) in [5.74, 6) is 7.65. The first-order valence-corrected chi connectivity index (χ1v) is 14.1. The second-order valence-electron chi connectivity index (χ2n) is 15.1. The molecule has 6 saturated carbocycles. The number of fused-ring (bicyclic) bond motifs is 8. The Balaban J connectivity index is 1.29. The lowest BCUT2D eigenvalue weighted by Gasteiger charge is -2.72. The van der Waals surface area contributed by atoms with Crippen LogP contribution in [0.4, 0.5) is 0 Å². The molecule has 12 atom stereocenters. The van der Waals surface area contributed by atoms with Gasteiger partial charge in [0.05, 0.1) is 6.10 Å². The molecule has 0 aromatic heterocycles. The van der Waals surface area contributed by atoms with E-state index in [-0.39, 0.29) is 33.3 Å². The molecule has 7 rings (SSSR count). The zero-order valence-electron chi connectivity index (χ0n) is 21.4. The molecule has 7 aliphatic rings. The molecule has 7 aliphatic carbocycles. The molecule has 0 amide bonds. The fourth-order valence-corrected chi connectivity index (χ4v) is 12.0. The number of terminal acetylenes is 1. The highest BCUT2D eigenvalue weighted by Crippen LogP contribution is 2.84. The molecule has 0 aromatic carbocycles. The van der Waals surface area contributed by atoms with E-state index in [2.05, 4.69) is 45.8 Å². The summed E-state index contributed by atoms with van der Waals surface area (Å²) in [6.07, 6.45) is 23.6. The van der Waals surface area contributed by atoms with Gasteiger partial charge in [-0.3, -0.25) is 0 Å². The third-order valence-electron chi connectivity index (χ3n) is 14.2. The molecular formula is C31H45NO. The van der Waals surface area contributed by atoms with Crippen LogP contribution in [0.1, 0.15) is 91.9 Å². The normalized spacial score (nSPS) is 63.8. The molecule has 2 nitrogen and oxygen atoms in total. The SMILES string of the molecule is C#C[C@@]12CC[C@@]3(N)C[C@H]4C5CC54C=CC3[C@H]1CC[C@@H]1[C@@]3(C)CC[C@H](O)C(C)(C)[C@@H]3CC[C@]12C. The van der Waals surface area contributed by atoms with Crippen LogP contribution in [-0.2, 0) is 0 Å². The summed E-state index contributed by atoms with van der Waals surface area (Å²) < 4.78 is 0. The third kappa shape index (κ3) is 2.23. The van der Waals surface area contributed by atoms with Gasteiger partial charge in [-0.15, -0.1) is 6.42 Å². The minimum Gasteiger partial charge on any atom is -0.393 e. The number of hydrogen-bond donors (Lipinski definition) is 2. The molecule has 0 bridgehead atoms. The number of rotatable bonds is 0. The van der Waals surface area contributed by atoms with Crippen LogP contribution in [0.2, 0.25) is 0 Å². The molecule has 0 heterocycles. The highest BCUT2D eigenvalue weighted by atomic mass is 16.3. The van der Waals surface area contributed by atoms with Crippen molar-refractivity contribution >= 4 is 0 Å². The quantitative estimate of drug-likeness (QED) is 0.357. The summed E-state index contributed by atoms with van der Waals surface area (Å²) in [5.41, 5.74) is 8.28. The fraction of sp³-hybridized carbons (Fsp3) is 0.871. The van der Waals surface area contributed by atoms with Crippen LogP contribution in [0, 0.1) is 74.9 Å². The van der Waals surface area contributed by atoms with Crippen LogP contribution in [0.5, 0.6) is 0 Å². The van der Waals surface area contributed by atoms with Gasteiger partial charge in [-0.1, -0.05) is 45.8 Å². The summed E-state index contributed by atoms with van der Waals surface area (Å²) in [7, 11) is 0. The molecule has 3 N–H and O–H groups in total. The fourth-order valence-electron chi connectivity index (χ4n) is 12.0. The molecule has 2 heteroatoms. The molecule has 1 spiro atoms. The summed E-state index contributed by atoms with van der Waals surface area (Å²) in [6.45, 7) is 9.85. The minimum atomic E-state index is -0.168. The van der Waals surface area contributed by atoms with Crippen molar-refractivity contribution in [2.75, 3.05) is 0 Å². The van der Waals surface area contributed by atoms with Crippen molar-refractivity contribution in [2.24, 2.45) is 68.3 Å². The Hall–Kier alpha value is -0.780.